The number of allylic oxidation sites excluding steroid dienone is 1. The number of sulfonamides is 1. The largest absolute Gasteiger partial charge is 0.502 e. The highest BCUT2D eigenvalue weighted by molar-refractivity contribution is 7.93. The smallest absolute Gasteiger partial charge is 0.486 e. The maximum atomic E-state index is 14.2. The number of fused-ring (bicyclic) bond motifs is 1. The number of rotatable bonds is 11. The molecule has 0 radical (unpaired) electrons. The average molecular weight is 574 g/mol. The molecule has 2 atom stereocenters. The predicted octanol–water partition coefficient (Wildman–Crippen LogP) is 4.84. The van der Waals surface area contributed by atoms with Gasteiger partial charge in [0.1, 0.15) is 11.9 Å². The van der Waals surface area contributed by atoms with E-state index in [9.17, 15) is 8.42 Å². The summed E-state index contributed by atoms with van der Waals surface area (Å²) in [6.45, 7) is 14.6. The lowest BCUT2D eigenvalue weighted by Crippen LogP contribution is -2.45. The van der Waals surface area contributed by atoms with Crippen LogP contribution in [0.4, 0.5) is 5.69 Å². The van der Waals surface area contributed by atoms with Crippen molar-refractivity contribution in [2.24, 2.45) is 0 Å². The van der Waals surface area contributed by atoms with Crippen LogP contribution in [-0.2, 0) is 30.6 Å². The van der Waals surface area contributed by atoms with Crippen molar-refractivity contribution in [3.05, 3.63) is 48.3 Å². The first-order valence-corrected chi connectivity index (χ1v) is 15.2. The van der Waals surface area contributed by atoms with E-state index in [1.54, 1.807) is 30.8 Å². The SMILES string of the molecule is C=C(CC[C@H]1CN(S(=O)(=O)c2cn(CC)nc2OCC)c2cc(/C=C/B3OC(C)CC(C)(C)O3)ccc2O1)OC. The lowest BCUT2D eigenvalue weighted by Gasteiger charge is -2.37. The van der Waals surface area contributed by atoms with Crippen LogP contribution in [0.1, 0.15) is 59.4 Å². The molecular formula is C28H40BN3O7S. The van der Waals surface area contributed by atoms with Crippen molar-refractivity contribution >= 4 is 28.9 Å². The first-order chi connectivity index (χ1) is 19.0. The van der Waals surface area contributed by atoms with E-state index < -0.39 is 23.2 Å². The summed E-state index contributed by atoms with van der Waals surface area (Å²) in [5.74, 6) is 3.01. The van der Waals surface area contributed by atoms with Crippen LogP contribution in [0.15, 0.2) is 47.6 Å². The Balaban J connectivity index is 1.70. The lowest BCUT2D eigenvalue weighted by molar-refractivity contribution is -0.0235. The van der Waals surface area contributed by atoms with Crippen molar-refractivity contribution in [2.75, 3.05) is 24.6 Å². The topological polar surface area (TPSA) is 101 Å². The van der Waals surface area contributed by atoms with Crippen LogP contribution >= 0.6 is 0 Å². The number of nitrogens with zero attached hydrogens (tertiary/aromatic N) is 3. The Kier molecular flexibility index (Phi) is 9.21. The molecule has 1 unspecified atom stereocenters. The Morgan fingerprint density at radius 1 is 1.32 bits per heavy atom. The van der Waals surface area contributed by atoms with Gasteiger partial charge in [0.05, 0.1) is 37.3 Å². The van der Waals surface area contributed by atoms with E-state index in [1.165, 1.54) is 10.5 Å². The fraction of sp³-hybridized carbons (Fsp3) is 0.536. The van der Waals surface area contributed by atoms with Gasteiger partial charge in [-0.2, -0.15) is 0 Å². The predicted molar refractivity (Wildman–Crippen MR) is 155 cm³/mol. The number of hydrogen-bond acceptors (Lipinski definition) is 8. The van der Waals surface area contributed by atoms with Crippen molar-refractivity contribution in [2.45, 2.75) is 83.1 Å². The molecule has 0 amide bonds. The highest BCUT2D eigenvalue weighted by atomic mass is 32.2. The molecule has 1 aromatic heterocycles. The van der Waals surface area contributed by atoms with Crippen LogP contribution in [0.5, 0.6) is 11.6 Å². The summed E-state index contributed by atoms with van der Waals surface area (Å²) in [6.07, 6.45) is 4.93. The zero-order chi connectivity index (χ0) is 29.1. The summed E-state index contributed by atoms with van der Waals surface area (Å²) >= 11 is 0. The molecule has 0 saturated carbocycles. The molecule has 0 aliphatic carbocycles. The third kappa shape index (κ3) is 6.84. The van der Waals surface area contributed by atoms with Gasteiger partial charge in [0, 0.05) is 25.3 Å². The van der Waals surface area contributed by atoms with Crippen molar-refractivity contribution in [1.29, 1.82) is 0 Å². The molecule has 40 heavy (non-hydrogen) atoms. The first kappa shape index (κ1) is 30.0. The van der Waals surface area contributed by atoms with E-state index in [2.05, 4.69) is 11.7 Å². The average Bonchev–Trinajstić information content (AvgIpc) is 3.33. The third-order valence-electron chi connectivity index (χ3n) is 6.84. The molecule has 0 N–H and O–H groups in total. The fourth-order valence-corrected chi connectivity index (χ4v) is 6.53. The standard InChI is InChI=1S/C28H40BN3O7S/c1-8-31-19-26(27(30-31)36-9-2)40(33,34)32-18-23(12-10-20(3)35-7)37-25-13-11-22(16-24(25)32)14-15-29-38-21(4)17-28(5,6)39-29/h11,13-16,19,21,23H,3,8-10,12,17-18H2,1-2,4-7H3/b15-14+/t21?,23-/m0/s1. The summed E-state index contributed by atoms with van der Waals surface area (Å²) in [5.41, 5.74) is 0.923. The van der Waals surface area contributed by atoms with Gasteiger partial charge in [0.2, 0.25) is 0 Å². The highest BCUT2D eigenvalue weighted by Crippen LogP contribution is 2.40. The molecule has 0 spiro atoms. The van der Waals surface area contributed by atoms with Gasteiger partial charge in [-0.05, 0) is 65.2 Å². The number of aromatic nitrogens is 2. The minimum Gasteiger partial charge on any atom is -0.502 e. The Hall–Kier alpha value is -2.96. The van der Waals surface area contributed by atoms with Crippen molar-refractivity contribution in [3.63, 3.8) is 0 Å². The van der Waals surface area contributed by atoms with E-state index in [0.29, 0.717) is 43.2 Å². The summed E-state index contributed by atoms with van der Waals surface area (Å²) in [5, 5.41) is 4.33. The van der Waals surface area contributed by atoms with Gasteiger partial charge in [0.15, 0.2) is 4.90 Å². The summed E-state index contributed by atoms with van der Waals surface area (Å²) in [7, 11) is -2.99. The Bertz CT molecular complexity index is 1340. The van der Waals surface area contributed by atoms with Gasteiger partial charge in [-0.25, -0.2) is 8.42 Å². The lowest BCUT2D eigenvalue weighted by atomic mass is 9.82. The van der Waals surface area contributed by atoms with Crippen LogP contribution in [-0.4, -0.2) is 63.4 Å². The van der Waals surface area contributed by atoms with Gasteiger partial charge < -0.3 is 23.5 Å². The molecule has 10 nitrogen and oxygen atoms in total. The first-order valence-electron chi connectivity index (χ1n) is 13.7. The Labute approximate surface area is 238 Å². The number of hydrogen-bond donors (Lipinski definition) is 0. The van der Waals surface area contributed by atoms with Crippen LogP contribution in [0, 0.1) is 0 Å². The van der Waals surface area contributed by atoms with Crippen LogP contribution < -0.4 is 13.8 Å². The van der Waals surface area contributed by atoms with E-state index in [-0.39, 0.29) is 29.0 Å². The zero-order valence-electron chi connectivity index (χ0n) is 24.3. The normalized spacial score (nSPS) is 20.8. The summed E-state index contributed by atoms with van der Waals surface area (Å²) < 4.78 is 60.4. The van der Waals surface area contributed by atoms with Crippen molar-refractivity contribution < 1.29 is 31.9 Å². The van der Waals surface area contributed by atoms with Gasteiger partial charge in [-0.15, -0.1) is 5.10 Å². The second-order valence-corrected chi connectivity index (χ2v) is 12.5. The second-order valence-electron chi connectivity index (χ2n) is 10.6. The number of anilines is 1. The maximum Gasteiger partial charge on any atom is 0.486 e. The van der Waals surface area contributed by atoms with Gasteiger partial charge in [0.25, 0.3) is 15.9 Å². The molecular weight excluding hydrogens is 533 g/mol. The monoisotopic (exact) mass is 573 g/mol. The molecule has 3 heterocycles. The number of ether oxygens (including phenoxy) is 3. The molecule has 0 bridgehead atoms. The van der Waals surface area contributed by atoms with Crippen LogP contribution in [0.3, 0.4) is 0 Å². The van der Waals surface area contributed by atoms with E-state index >= 15 is 0 Å². The quantitative estimate of drug-likeness (QED) is 0.278. The van der Waals surface area contributed by atoms with E-state index in [0.717, 1.165) is 12.0 Å². The zero-order valence-corrected chi connectivity index (χ0v) is 25.1. The molecule has 1 saturated heterocycles. The van der Waals surface area contributed by atoms with Gasteiger partial charge in [-0.1, -0.05) is 24.7 Å². The highest BCUT2D eigenvalue weighted by Gasteiger charge is 2.38. The summed E-state index contributed by atoms with van der Waals surface area (Å²) in [6, 6.07) is 5.48. The van der Waals surface area contributed by atoms with E-state index in [1.807, 2.05) is 45.8 Å². The molecule has 4 rings (SSSR count). The van der Waals surface area contributed by atoms with Gasteiger partial charge in [-0.3, -0.25) is 8.99 Å². The van der Waals surface area contributed by atoms with Crippen LogP contribution in [0.25, 0.3) is 6.08 Å². The summed E-state index contributed by atoms with van der Waals surface area (Å²) in [4.78, 5) is 0.0188. The molecule has 218 valence electrons. The second kappa shape index (κ2) is 12.3. The Morgan fingerprint density at radius 2 is 2.10 bits per heavy atom. The molecule has 2 aromatic rings. The molecule has 12 heteroatoms. The molecule has 1 fully saturated rings. The third-order valence-corrected chi connectivity index (χ3v) is 8.61. The van der Waals surface area contributed by atoms with Crippen LogP contribution in [0.2, 0.25) is 0 Å². The minimum absolute atomic E-state index is 0.0188. The van der Waals surface area contributed by atoms with E-state index in [4.69, 9.17) is 23.5 Å². The number of aryl methyl sites for hydroxylation is 1. The minimum atomic E-state index is -4.05. The number of methoxy groups -OCH3 is 1. The fourth-order valence-electron chi connectivity index (χ4n) is 4.95. The molecule has 2 aliphatic rings. The van der Waals surface area contributed by atoms with Gasteiger partial charge >= 0.3 is 7.12 Å². The van der Waals surface area contributed by atoms with Crippen molar-refractivity contribution in [3.8, 4) is 11.6 Å². The number of benzene rings is 1. The molecule has 1 aromatic carbocycles. The maximum absolute atomic E-state index is 14.2. The van der Waals surface area contributed by atoms with Crippen molar-refractivity contribution in [1.82, 2.24) is 9.78 Å². The molecule has 2 aliphatic heterocycles. The Morgan fingerprint density at radius 3 is 2.77 bits per heavy atom.